The van der Waals surface area contributed by atoms with E-state index in [0.717, 1.165) is 45.2 Å². The van der Waals surface area contributed by atoms with Gasteiger partial charge in [-0.25, -0.2) is 0 Å². The summed E-state index contributed by atoms with van der Waals surface area (Å²) in [5.74, 6) is 0.720. The third kappa shape index (κ3) is 4.38. The zero-order chi connectivity index (χ0) is 18.5. The number of carbonyl (C=O) groups is 3. The molecule has 0 aromatic heterocycles. The first-order valence-corrected chi connectivity index (χ1v) is 10.4. The Morgan fingerprint density at radius 1 is 1.08 bits per heavy atom. The van der Waals surface area contributed by atoms with Gasteiger partial charge < -0.3 is 15.1 Å². The van der Waals surface area contributed by atoms with E-state index in [1.54, 1.807) is 0 Å². The van der Waals surface area contributed by atoms with Crippen LogP contribution >= 0.6 is 0 Å². The molecule has 3 fully saturated rings. The number of rotatable bonds is 7. The second kappa shape index (κ2) is 8.87. The van der Waals surface area contributed by atoms with Crippen molar-refractivity contribution in [3.63, 3.8) is 0 Å². The van der Waals surface area contributed by atoms with Crippen molar-refractivity contribution >= 4 is 17.7 Å². The first kappa shape index (κ1) is 19.2. The van der Waals surface area contributed by atoms with Crippen molar-refractivity contribution < 1.29 is 14.4 Å². The number of amides is 3. The van der Waals surface area contributed by atoms with Crippen LogP contribution in [-0.4, -0.2) is 59.7 Å². The maximum absolute atomic E-state index is 12.7. The Labute approximate surface area is 156 Å². The van der Waals surface area contributed by atoms with Crippen molar-refractivity contribution in [1.29, 1.82) is 0 Å². The van der Waals surface area contributed by atoms with E-state index < -0.39 is 0 Å². The normalized spacial score (nSPS) is 28.2. The second-order valence-electron chi connectivity index (χ2n) is 8.12. The van der Waals surface area contributed by atoms with Gasteiger partial charge >= 0.3 is 0 Å². The number of nitrogens with zero attached hydrogens (tertiary/aromatic N) is 2. The van der Waals surface area contributed by atoms with Crippen LogP contribution < -0.4 is 5.32 Å². The van der Waals surface area contributed by atoms with E-state index in [1.165, 1.54) is 12.8 Å². The minimum Gasteiger partial charge on any atom is -0.356 e. The number of unbranched alkanes of at least 4 members (excludes halogenated alkanes) is 3. The third-order valence-electron chi connectivity index (χ3n) is 6.36. The van der Waals surface area contributed by atoms with Gasteiger partial charge in [-0.1, -0.05) is 26.2 Å². The van der Waals surface area contributed by atoms with Gasteiger partial charge in [0.1, 0.15) is 0 Å². The summed E-state index contributed by atoms with van der Waals surface area (Å²) in [7, 11) is 0. The second-order valence-corrected chi connectivity index (χ2v) is 8.12. The summed E-state index contributed by atoms with van der Waals surface area (Å²) in [4.78, 5) is 40.9. The van der Waals surface area contributed by atoms with Crippen molar-refractivity contribution in [3.05, 3.63) is 0 Å². The van der Waals surface area contributed by atoms with Gasteiger partial charge in [-0.3, -0.25) is 14.4 Å². The van der Waals surface area contributed by atoms with E-state index in [1.807, 2.05) is 9.80 Å². The van der Waals surface area contributed by atoms with Crippen molar-refractivity contribution in [2.75, 3.05) is 26.2 Å². The molecule has 3 amide bonds. The van der Waals surface area contributed by atoms with Crippen molar-refractivity contribution in [2.24, 2.45) is 11.8 Å². The predicted molar refractivity (Wildman–Crippen MR) is 99.3 cm³/mol. The van der Waals surface area contributed by atoms with Crippen LogP contribution in [0.25, 0.3) is 0 Å². The van der Waals surface area contributed by atoms with Gasteiger partial charge in [0, 0.05) is 44.9 Å². The molecule has 0 aromatic rings. The topological polar surface area (TPSA) is 69.7 Å². The molecule has 0 spiro atoms. The molecule has 3 saturated heterocycles. The van der Waals surface area contributed by atoms with Gasteiger partial charge in [-0.05, 0) is 31.6 Å². The maximum atomic E-state index is 12.7. The summed E-state index contributed by atoms with van der Waals surface area (Å²) in [5, 5.41) is 2.80. The zero-order valence-corrected chi connectivity index (χ0v) is 16.0. The number of nitrogens with one attached hydrogen (secondary N) is 1. The summed E-state index contributed by atoms with van der Waals surface area (Å²) in [6.45, 7) is 5.12. The molecular formula is C20H33N3O3. The maximum Gasteiger partial charge on any atom is 0.223 e. The monoisotopic (exact) mass is 363 g/mol. The highest BCUT2D eigenvalue weighted by Crippen LogP contribution is 2.33. The van der Waals surface area contributed by atoms with Crippen molar-refractivity contribution in [1.82, 2.24) is 15.1 Å². The molecule has 3 aliphatic rings. The summed E-state index contributed by atoms with van der Waals surface area (Å²) in [6, 6.07) is 0.184. The van der Waals surface area contributed by atoms with Crippen LogP contribution in [0.15, 0.2) is 0 Å². The summed E-state index contributed by atoms with van der Waals surface area (Å²) in [6.07, 6.45) is 8.22. The molecule has 0 aliphatic carbocycles. The van der Waals surface area contributed by atoms with Crippen LogP contribution in [0, 0.1) is 11.8 Å². The van der Waals surface area contributed by atoms with Crippen molar-refractivity contribution in [2.45, 2.75) is 70.8 Å². The molecule has 6 heteroatoms. The molecule has 0 saturated carbocycles. The van der Waals surface area contributed by atoms with Crippen LogP contribution in [0.4, 0.5) is 0 Å². The SMILES string of the molecule is CCCCCCC(=O)N1CC[C@@H]2CCN(C(=O)CC3CCNC3=O)C[C@@H]21. The Balaban J connectivity index is 1.51. The molecule has 0 bridgehead atoms. The Morgan fingerprint density at radius 3 is 2.62 bits per heavy atom. The van der Waals surface area contributed by atoms with Gasteiger partial charge in [-0.2, -0.15) is 0 Å². The van der Waals surface area contributed by atoms with Crippen molar-refractivity contribution in [3.8, 4) is 0 Å². The third-order valence-corrected chi connectivity index (χ3v) is 6.36. The lowest BCUT2D eigenvalue weighted by molar-refractivity contribution is -0.140. The Bertz CT molecular complexity index is 536. The molecule has 3 atom stereocenters. The Hall–Kier alpha value is -1.59. The lowest BCUT2D eigenvalue weighted by Crippen LogP contribution is -2.51. The minimum atomic E-state index is -0.167. The molecule has 1 unspecified atom stereocenters. The minimum absolute atomic E-state index is 0.0120. The highest BCUT2D eigenvalue weighted by atomic mass is 16.2. The molecule has 146 valence electrons. The van der Waals surface area contributed by atoms with E-state index in [9.17, 15) is 14.4 Å². The van der Waals surface area contributed by atoms with Crippen LogP contribution in [0.5, 0.6) is 0 Å². The summed E-state index contributed by atoms with van der Waals surface area (Å²) < 4.78 is 0. The van der Waals surface area contributed by atoms with E-state index in [2.05, 4.69) is 12.2 Å². The fraction of sp³-hybridized carbons (Fsp3) is 0.850. The largest absolute Gasteiger partial charge is 0.356 e. The molecule has 1 N–H and O–H groups in total. The molecule has 26 heavy (non-hydrogen) atoms. The molecule has 3 rings (SSSR count). The van der Waals surface area contributed by atoms with Gasteiger partial charge in [0.2, 0.25) is 17.7 Å². The highest BCUT2D eigenvalue weighted by Gasteiger charge is 2.41. The Morgan fingerprint density at radius 2 is 1.88 bits per heavy atom. The molecule has 0 aromatic carbocycles. The molecule has 6 nitrogen and oxygen atoms in total. The average molecular weight is 364 g/mol. The smallest absolute Gasteiger partial charge is 0.223 e. The molecular weight excluding hydrogens is 330 g/mol. The molecule has 0 radical (unpaired) electrons. The van der Waals surface area contributed by atoms with E-state index in [4.69, 9.17) is 0 Å². The quantitative estimate of drug-likeness (QED) is 0.703. The summed E-state index contributed by atoms with van der Waals surface area (Å²) in [5.41, 5.74) is 0. The van der Waals surface area contributed by atoms with Crippen LogP contribution in [0.3, 0.4) is 0 Å². The van der Waals surface area contributed by atoms with E-state index in [-0.39, 0.29) is 29.7 Å². The van der Waals surface area contributed by atoms with Gasteiger partial charge in [0.15, 0.2) is 0 Å². The number of likely N-dealkylation sites (tertiary alicyclic amines) is 2. The first-order chi connectivity index (χ1) is 12.6. The number of fused-ring (bicyclic) bond motifs is 1. The summed E-state index contributed by atoms with van der Waals surface area (Å²) >= 11 is 0. The fourth-order valence-corrected chi connectivity index (χ4v) is 4.70. The molecule has 3 aliphatic heterocycles. The lowest BCUT2D eigenvalue weighted by Gasteiger charge is -2.38. The number of hydrogen-bond donors (Lipinski definition) is 1. The van der Waals surface area contributed by atoms with Gasteiger partial charge in [0.25, 0.3) is 0 Å². The van der Waals surface area contributed by atoms with Gasteiger partial charge in [0.05, 0.1) is 6.04 Å². The lowest BCUT2D eigenvalue weighted by atomic mass is 9.91. The Kier molecular flexibility index (Phi) is 6.54. The number of piperidine rings is 1. The van der Waals surface area contributed by atoms with E-state index in [0.29, 0.717) is 31.8 Å². The molecule has 3 heterocycles. The fourth-order valence-electron chi connectivity index (χ4n) is 4.70. The van der Waals surface area contributed by atoms with Crippen LogP contribution in [0.1, 0.15) is 64.7 Å². The zero-order valence-electron chi connectivity index (χ0n) is 16.0. The average Bonchev–Trinajstić information content (AvgIpc) is 3.24. The van der Waals surface area contributed by atoms with Crippen LogP contribution in [-0.2, 0) is 14.4 Å². The number of hydrogen-bond acceptors (Lipinski definition) is 3. The van der Waals surface area contributed by atoms with Gasteiger partial charge in [-0.15, -0.1) is 0 Å². The van der Waals surface area contributed by atoms with E-state index >= 15 is 0 Å². The predicted octanol–water partition coefficient (Wildman–Crippen LogP) is 1.93. The number of carbonyl (C=O) groups excluding carboxylic acids is 3. The first-order valence-electron chi connectivity index (χ1n) is 10.4. The highest BCUT2D eigenvalue weighted by molar-refractivity contribution is 5.87. The standard InChI is InChI=1S/C20H33N3O3/c1-2-3-4-5-6-18(24)23-12-9-15-8-11-22(14-17(15)23)19(25)13-16-7-10-21-20(16)26/h15-17H,2-14H2,1H3,(H,21,26)/t15-,16?,17-/m0/s1. The van der Waals surface area contributed by atoms with Crippen LogP contribution in [0.2, 0.25) is 0 Å².